The number of hydrogen-bond acceptors (Lipinski definition) is 4. The fourth-order valence-electron chi connectivity index (χ4n) is 3.71. The summed E-state index contributed by atoms with van der Waals surface area (Å²) in [5.41, 5.74) is 0.369. The standard InChI is InChI=1S/C16H15F2N3O3/c17-10-2-1-9(11(18)5-10)6-16(7-15(16)3-4-15)8-19-13(22)12-20-14(23)24-21-12/h1-2,5H,3-4,6-8H2,(H,19,22)(H,20,21,23). The van der Waals surface area contributed by atoms with Gasteiger partial charge in [0.1, 0.15) is 11.6 Å². The van der Waals surface area contributed by atoms with Crippen molar-refractivity contribution in [3.05, 3.63) is 51.8 Å². The number of rotatable bonds is 5. The molecule has 4 rings (SSSR count). The van der Waals surface area contributed by atoms with Gasteiger partial charge in [-0.3, -0.25) is 14.3 Å². The van der Waals surface area contributed by atoms with Crippen molar-refractivity contribution in [2.45, 2.75) is 25.7 Å². The minimum atomic E-state index is -0.798. The molecule has 0 aliphatic heterocycles. The number of carbonyl (C=O) groups excluding carboxylic acids is 1. The molecule has 24 heavy (non-hydrogen) atoms. The maximum atomic E-state index is 14.0. The van der Waals surface area contributed by atoms with E-state index in [2.05, 4.69) is 20.0 Å². The van der Waals surface area contributed by atoms with Crippen LogP contribution in [0.5, 0.6) is 0 Å². The molecule has 0 saturated heterocycles. The second-order valence-electron chi connectivity index (χ2n) is 6.78. The van der Waals surface area contributed by atoms with Crippen molar-refractivity contribution in [1.29, 1.82) is 0 Å². The molecule has 6 nitrogen and oxygen atoms in total. The van der Waals surface area contributed by atoms with Crippen LogP contribution in [0.25, 0.3) is 0 Å². The third kappa shape index (κ3) is 2.42. The van der Waals surface area contributed by atoms with Crippen LogP contribution >= 0.6 is 0 Å². The van der Waals surface area contributed by atoms with Crippen LogP contribution in [0.2, 0.25) is 0 Å². The van der Waals surface area contributed by atoms with E-state index in [9.17, 15) is 18.4 Å². The summed E-state index contributed by atoms with van der Waals surface area (Å²) in [7, 11) is 0. The Labute approximate surface area is 135 Å². The lowest BCUT2D eigenvalue weighted by Crippen LogP contribution is -2.33. The molecule has 126 valence electrons. The van der Waals surface area contributed by atoms with E-state index in [-0.39, 0.29) is 16.7 Å². The third-order valence-electron chi connectivity index (χ3n) is 5.32. The average molecular weight is 335 g/mol. The molecular formula is C16H15F2N3O3. The number of H-pyrrole nitrogens is 1. The van der Waals surface area contributed by atoms with Crippen molar-refractivity contribution in [3.63, 3.8) is 0 Å². The normalized spacial score (nSPS) is 23.2. The number of hydrogen-bond donors (Lipinski definition) is 2. The van der Waals surface area contributed by atoms with Crippen molar-refractivity contribution in [1.82, 2.24) is 15.5 Å². The van der Waals surface area contributed by atoms with Gasteiger partial charge in [-0.25, -0.2) is 13.6 Å². The molecule has 2 N–H and O–H groups in total. The fourth-order valence-corrected chi connectivity index (χ4v) is 3.71. The molecule has 1 heterocycles. The smallest absolute Gasteiger partial charge is 0.349 e. The van der Waals surface area contributed by atoms with Gasteiger partial charge in [-0.05, 0) is 53.3 Å². The second-order valence-corrected chi connectivity index (χ2v) is 6.78. The van der Waals surface area contributed by atoms with Crippen LogP contribution in [0.3, 0.4) is 0 Å². The van der Waals surface area contributed by atoms with E-state index in [1.54, 1.807) is 0 Å². The molecule has 1 aromatic carbocycles. The number of nitrogens with zero attached hydrogens (tertiary/aromatic N) is 1. The summed E-state index contributed by atoms with van der Waals surface area (Å²) in [4.78, 5) is 25.1. The monoisotopic (exact) mass is 335 g/mol. The minimum absolute atomic E-state index is 0.151. The number of halogens is 2. The molecule has 8 heteroatoms. The molecule has 1 aromatic heterocycles. The fraction of sp³-hybridized carbons (Fsp3) is 0.438. The van der Waals surface area contributed by atoms with E-state index in [1.165, 1.54) is 12.1 Å². The molecule has 0 radical (unpaired) electrons. The topological polar surface area (TPSA) is 88.0 Å². The molecule has 2 saturated carbocycles. The Bertz CT molecular complexity index is 871. The van der Waals surface area contributed by atoms with Gasteiger partial charge in [0.2, 0.25) is 5.82 Å². The van der Waals surface area contributed by atoms with Gasteiger partial charge >= 0.3 is 5.76 Å². The predicted octanol–water partition coefficient (Wildman–Crippen LogP) is 1.78. The number of aromatic amines is 1. The van der Waals surface area contributed by atoms with Crippen molar-refractivity contribution < 1.29 is 18.1 Å². The zero-order valence-corrected chi connectivity index (χ0v) is 12.7. The van der Waals surface area contributed by atoms with Crippen LogP contribution in [-0.4, -0.2) is 22.6 Å². The highest BCUT2D eigenvalue weighted by atomic mass is 19.1. The Hall–Kier alpha value is -2.51. The first kappa shape index (κ1) is 15.0. The molecule has 1 amide bonds. The number of amides is 1. The second kappa shape index (κ2) is 4.99. The summed E-state index contributed by atoms with van der Waals surface area (Å²) in [6, 6.07) is 3.58. The van der Waals surface area contributed by atoms with Crippen LogP contribution in [0, 0.1) is 22.5 Å². The largest absolute Gasteiger partial charge is 0.439 e. The van der Waals surface area contributed by atoms with Crippen molar-refractivity contribution in [3.8, 4) is 0 Å². The summed E-state index contributed by atoms with van der Waals surface area (Å²) in [6.07, 6.45) is 3.43. The Morgan fingerprint density at radius 3 is 2.75 bits per heavy atom. The Kier molecular flexibility index (Phi) is 3.13. The van der Waals surface area contributed by atoms with Gasteiger partial charge in [0.15, 0.2) is 0 Å². The van der Waals surface area contributed by atoms with Gasteiger partial charge in [0.05, 0.1) is 0 Å². The third-order valence-corrected chi connectivity index (χ3v) is 5.32. The molecular weight excluding hydrogens is 320 g/mol. The quantitative estimate of drug-likeness (QED) is 0.872. The van der Waals surface area contributed by atoms with Crippen molar-refractivity contribution >= 4 is 5.91 Å². The van der Waals surface area contributed by atoms with E-state index < -0.39 is 23.3 Å². The van der Waals surface area contributed by atoms with Gasteiger partial charge in [-0.15, -0.1) is 0 Å². The van der Waals surface area contributed by atoms with E-state index in [0.29, 0.717) is 18.5 Å². The van der Waals surface area contributed by atoms with Crippen LogP contribution in [0.15, 0.2) is 27.5 Å². The molecule has 0 bridgehead atoms. The van der Waals surface area contributed by atoms with Crippen LogP contribution < -0.4 is 11.1 Å². The van der Waals surface area contributed by atoms with Crippen LogP contribution in [-0.2, 0) is 6.42 Å². The Balaban J connectivity index is 1.48. The Morgan fingerprint density at radius 1 is 1.38 bits per heavy atom. The summed E-state index contributed by atoms with van der Waals surface area (Å²) >= 11 is 0. The van der Waals surface area contributed by atoms with Gasteiger partial charge in [-0.1, -0.05) is 6.07 Å². The average Bonchev–Trinajstić information content (AvgIpc) is 3.39. The molecule has 2 aliphatic rings. The lowest BCUT2D eigenvalue weighted by Gasteiger charge is -2.18. The highest BCUT2D eigenvalue weighted by Crippen LogP contribution is 2.79. The maximum absolute atomic E-state index is 14.0. The predicted molar refractivity (Wildman–Crippen MR) is 78.2 cm³/mol. The van der Waals surface area contributed by atoms with Gasteiger partial charge in [0, 0.05) is 12.6 Å². The maximum Gasteiger partial charge on any atom is 0.439 e. The van der Waals surface area contributed by atoms with Crippen LogP contribution in [0.4, 0.5) is 8.78 Å². The lowest BCUT2D eigenvalue weighted by atomic mass is 9.92. The number of carbonyl (C=O) groups is 1. The summed E-state index contributed by atoms with van der Waals surface area (Å²) in [5.74, 6) is -2.70. The van der Waals surface area contributed by atoms with Gasteiger partial charge < -0.3 is 5.32 Å². The first-order valence-electron chi connectivity index (χ1n) is 7.71. The van der Waals surface area contributed by atoms with E-state index in [4.69, 9.17) is 0 Å². The number of nitrogens with one attached hydrogen (secondary N) is 2. The van der Waals surface area contributed by atoms with Crippen LogP contribution in [0.1, 0.15) is 35.4 Å². The Morgan fingerprint density at radius 2 is 2.17 bits per heavy atom. The van der Waals surface area contributed by atoms with Gasteiger partial charge in [0.25, 0.3) is 5.91 Å². The number of benzene rings is 1. The molecule has 1 spiro atoms. The number of aromatic nitrogens is 2. The van der Waals surface area contributed by atoms with E-state index in [1.807, 2.05) is 0 Å². The zero-order chi connectivity index (χ0) is 16.9. The summed E-state index contributed by atoms with van der Waals surface area (Å²) in [5, 5.41) is 6.07. The molecule has 2 fully saturated rings. The van der Waals surface area contributed by atoms with Gasteiger partial charge in [-0.2, -0.15) is 0 Å². The van der Waals surface area contributed by atoms with E-state index in [0.717, 1.165) is 25.3 Å². The minimum Gasteiger partial charge on any atom is -0.349 e. The summed E-state index contributed by atoms with van der Waals surface area (Å²) in [6.45, 7) is 0.345. The molecule has 2 aromatic rings. The summed E-state index contributed by atoms with van der Waals surface area (Å²) < 4.78 is 31.3. The molecule has 1 atom stereocenters. The SMILES string of the molecule is O=C(NCC1(Cc2ccc(F)cc2F)CC12CC2)c1noc(=O)[nH]1. The highest BCUT2D eigenvalue weighted by molar-refractivity contribution is 5.90. The van der Waals surface area contributed by atoms with Crippen molar-refractivity contribution in [2.75, 3.05) is 6.54 Å². The zero-order valence-electron chi connectivity index (χ0n) is 12.7. The molecule has 1 unspecified atom stereocenters. The first-order valence-corrected chi connectivity index (χ1v) is 7.71. The lowest BCUT2D eigenvalue weighted by molar-refractivity contribution is 0.0929. The van der Waals surface area contributed by atoms with Crippen molar-refractivity contribution in [2.24, 2.45) is 10.8 Å². The highest BCUT2D eigenvalue weighted by Gasteiger charge is 2.73. The van der Waals surface area contributed by atoms with E-state index >= 15 is 0 Å². The molecule has 2 aliphatic carbocycles. The first-order chi connectivity index (χ1) is 11.4.